The molecule has 0 atom stereocenters. The average molecular weight is 390 g/mol. The Hall–Kier alpha value is -0.840. The van der Waals surface area contributed by atoms with Gasteiger partial charge in [-0.3, -0.25) is 4.90 Å². The summed E-state index contributed by atoms with van der Waals surface area (Å²) in [6.07, 6.45) is -1.60. The summed E-state index contributed by atoms with van der Waals surface area (Å²) >= 11 is 0. The zero-order chi connectivity index (χ0) is 15.1. The molecule has 110 valence electrons. The van der Waals surface area contributed by atoms with Gasteiger partial charge in [-0.15, -0.1) is 0 Å². The monoisotopic (exact) mass is 390 g/mol. The molecule has 0 aliphatic rings. The van der Waals surface area contributed by atoms with Crippen molar-refractivity contribution in [3.05, 3.63) is 0 Å². The molecular weight excluding hydrogens is 375 g/mol. The van der Waals surface area contributed by atoms with Crippen LogP contribution in [0.3, 0.4) is 0 Å². The molecule has 9 nitrogen and oxygen atoms in total. The number of aliphatic hydroxyl groups excluding tert-OH is 1. The van der Waals surface area contributed by atoms with Crippen molar-refractivity contribution in [2.24, 2.45) is 5.73 Å². The van der Waals surface area contributed by atoms with Gasteiger partial charge in [-0.05, 0) is 0 Å². The molecule has 0 spiro atoms. The Bertz CT molecular complexity index is 334. The first kappa shape index (κ1) is 21.5. The van der Waals surface area contributed by atoms with Crippen molar-refractivity contribution < 1.29 is 34.8 Å². The number of rotatable bonds is 10. The first-order valence-corrected chi connectivity index (χ1v) is 5.43. The second-order valence-corrected chi connectivity index (χ2v) is 4.04. The third-order valence-electron chi connectivity index (χ3n) is 2.69. The minimum Gasteiger partial charge on any atom is -0.550 e. The van der Waals surface area contributed by atoms with Crippen LogP contribution in [-0.4, -0.2) is 85.5 Å². The second-order valence-electron chi connectivity index (χ2n) is 4.04. The molecule has 0 saturated heterocycles. The molecule has 3 N–H and O–H groups in total. The molecule has 0 amide bonds. The molecule has 0 aliphatic heterocycles. The van der Waals surface area contributed by atoms with Crippen LogP contribution in [0, 0.1) is 0 Å². The molecule has 0 bridgehead atoms. The van der Waals surface area contributed by atoms with E-state index in [1.54, 1.807) is 0 Å². The number of carboxylic acid groups (broad SMARTS) is 3. The summed E-state index contributed by atoms with van der Waals surface area (Å²) in [5.74, 6) is -4.73. The van der Waals surface area contributed by atoms with Crippen LogP contribution < -0.4 is 21.1 Å². The van der Waals surface area contributed by atoms with E-state index in [4.69, 9.17) is 10.8 Å². The quantitative estimate of drug-likeness (QED) is 0.368. The summed E-state index contributed by atoms with van der Waals surface area (Å²) in [6, 6.07) is 0. The summed E-state index contributed by atoms with van der Waals surface area (Å²) in [5.41, 5.74) is 3.68. The van der Waals surface area contributed by atoms with Gasteiger partial charge in [0.2, 0.25) is 0 Å². The van der Waals surface area contributed by atoms with Gasteiger partial charge in [0.05, 0.1) is 12.6 Å². The number of aliphatic hydroxyl groups is 1. The third kappa shape index (κ3) is 7.08. The number of carbonyl (C=O) groups is 3. The maximum atomic E-state index is 10.7. The number of hydrogen-bond donors (Lipinski definition) is 2. The smallest absolute Gasteiger partial charge is 0.550 e. The van der Waals surface area contributed by atoms with Crippen LogP contribution in [0.2, 0.25) is 0 Å². The fraction of sp³-hybridized carbons (Fsp3) is 0.700. The largest absolute Gasteiger partial charge is 3.00 e. The predicted molar refractivity (Wildman–Crippen MR) is 60.5 cm³/mol. The summed E-state index contributed by atoms with van der Waals surface area (Å²) in [6.45, 7) is -2.00. The van der Waals surface area contributed by atoms with E-state index in [1.165, 1.54) is 0 Å². The normalized spacial score (nSPS) is 10.9. The molecular formula is C10H15InN2O7. The summed E-state index contributed by atoms with van der Waals surface area (Å²) in [5, 5.41) is 40.9. The molecule has 0 saturated carbocycles. The molecule has 20 heavy (non-hydrogen) atoms. The van der Waals surface area contributed by atoms with E-state index in [2.05, 4.69) is 0 Å². The van der Waals surface area contributed by atoms with Crippen LogP contribution in [0.4, 0.5) is 0 Å². The van der Waals surface area contributed by atoms with Gasteiger partial charge in [-0.2, -0.15) is 0 Å². The Labute approximate surface area is 134 Å². The molecule has 0 aromatic carbocycles. The van der Waals surface area contributed by atoms with Crippen LogP contribution in [0.5, 0.6) is 0 Å². The van der Waals surface area contributed by atoms with Gasteiger partial charge in [-0.25, -0.2) is 0 Å². The molecule has 0 aromatic rings. The molecule has 0 heterocycles. The number of carboxylic acids is 3. The maximum absolute atomic E-state index is 10.7. The van der Waals surface area contributed by atoms with Crippen LogP contribution in [0.15, 0.2) is 0 Å². The number of nitrogens with two attached hydrogens (primary N) is 1. The standard InChI is InChI=1S/C10H18N2O7.In/c11-6-10(3-7(14)15,4-8(16)17)12(1-2-13)5-9(18)19;/h13H,1-6,11H2,(H,14,15)(H,16,17)(H,18,19);/q;+3/p-3. The Kier molecular flexibility index (Phi) is 10.7. The van der Waals surface area contributed by atoms with Gasteiger partial charge in [-0.1, -0.05) is 0 Å². The van der Waals surface area contributed by atoms with E-state index in [1.807, 2.05) is 0 Å². The Morgan fingerprint density at radius 1 is 1.05 bits per heavy atom. The van der Waals surface area contributed by atoms with Crippen LogP contribution >= 0.6 is 0 Å². The third-order valence-corrected chi connectivity index (χ3v) is 2.69. The van der Waals surface area contributed by atoms with Crippen molar-refractivity contribution in [3.63, 3.8) is 0 Å². The number of hydrogen-bond acceptors (Lipinski definition) is 9. The van der Waals surface area contributed by atoms with Crippen molar-refractivity contribution in [1.82, 2.24) is 4.90 Å². The van der Waals surface area contributed by atoms with Gasteiger partial charge >= 0.3 is 25.8 Å². The minimum atomic E-state index is -1.71. The molecule has 0 aliphatic carbocycles. The van der Waals surface area contributed by atoms with E-state index in [0.717, 1.165) is 4.90 Å². The fourth-order valence-electron chi connectivity index (χ4n) is 1.86. The Morgan fingerprint density at radius 2 is 1.50 bits per heavy atom. The van der Waals surface area contributed by atoms with E-state index >= 15 is 0 Å². The van der Waals surface area contributed by atoms with Gasteiger partial charge in [0, 0.05) is 50.0 Å². The summed E-state index contributed by atoms with van der Waals surface area (Å²) in [4.78, 5) is 33.0. The second kappa shape index (κ2) is 9.97. The van der Waals surface area contributed by atoms with Gasteiger partial charge in [0.1, 0.15) is 0 Å². The van der Waals surface area contributed by atoms with E-state index in [0.29, 0.717) is 0 Å². The van der Waals surface area contributed by atoms with Gasteiger partial charge in [0.15, 0.2) is 0 Å². The molecule has 0 unspecified atom stereocenters. The summed E-state index contributed by atoms with van der Waals surface area (Å²) in [7, 11) is 0. The maximum Gasteiger partial charge on any atom is 3.00 e. The SMILES string of the molecule is NCC(CC(=O)[O-])(CC(=O)[O-])N(CCO)CC(=O)[O-].[In+3]. The molecule has 0 fully saturated rings. The number of nitrogens with zero attached hydrogens (tertiary/aromatic N) is 1. The Morgan fingerprint density at radius 3 is 1.75 bits per heavy atom. The zero-order valence-corrected chi connectivity index (χ0v) is 14.0. The van der Waals surface area contributed by atoms with Crippen LogP contribution in [-0.2, 0) is 14.4 Å². The summed E-state index contributed by atoms with van der Waals surface area (Å²) < 4.78 is 0. The molecule has 0 rings (SSSR count). The van der Waals surface area contributed by atoms with Crippen molar-refractivity contribution in [2.45, 2.75) is 18.4 Å². The minimum absolute atomic E-state index is 0. The van der Waals surface area contributed by atoms with E-state index < -0.39 is 56.0 Å². The van der Waals surface area contributed by atoms with Gasteiger partial charge < -0.3 is 40.5 Å². The predicted octanol–water partition coefficient (Wildman–Crippen LogP) is -6.37. The fourth-order valence-corrected chi connectivity index (χ4v) is 1.86. The molecule has 0 aromatic heterocycles. The van der Waals surface area contributed by atoms with Crippen LogP contribution in [0.1, 0.15) is 12.8 Å². The first-order chi connectivity index (χ1) is 8.77. The Balaban J connectivity index is 0. The number of β-amino-alcohol motifs (C(OH)–C–C–N with tert-alkyl or cyclic N) is 1. The number of carbonyl (C=O) groups excluding carboxylic acids is 3. The zero-order valence-electron chi connectivity index (χ0n) is 10.7. The van der Waals surface area contributed by atoms with E-state index in [9.17, 15) is 29.7 Å². The topological polar surface area (TPSA) is 170 Å². The van der Waals surface area contributed by atoms with Crippen LogP contribution in [0.25, 0.3) is 0 Å². The molecule has 10 heteroatoms. The average Bonchev–Trinajstić information content (AvgIpc) is 2.25. The first-order valence-electron chi connectivity index (χ1n) is 5.43. The van der Waals surface area contributed by atoms with Crippen molar-refractivity contribution in [1.29, 1.82) is 0 Å². The number of aliphatic carboxylic acids is 3. The molecule has 0 radical (unpaired) electrons. The van der Waals surface area contributed by atoms with Crippen molar-refractivity contribution >= 4 is 43.8 Å². The van der Waals surface area contributed by atoms with E-state index in [-0.39, 0.29) is 32.4 Å². The van der Waals surface area contributed by atoms with Crippen molar-refractivity contribution in [3.8, 4) is 0 Å². The van der Waals surface area contributed by atoms with Gasteiger partial charge in [0.25, 0.3) is 0 Å². The van der Waals surface area contributed by atoms with Crippen molar-refractivity contribution in [2.75, 3.05) is 26.2 Å².